The van der Waals surface area contributed by atoms with Gasteiger partial charge in [0.25, 0.3) is 0 Å². The van der Waals surface area contributed by atoms with Crippen molar-refractivity contribution in [3.05, 3.63) is 29.3 Å². The molecule has 0 heterocycles. The largest absolute Gasteiger partial charge is 0.484 e. The first kappa shape index (κ1) is 11.3. The van der Waals surface area contributed by atoms with Crippen LogP contribution in [-0.4, -0.2) is 12.8 Å². The Morgan fingerprint density at radius 1 is 1.38 bits per heavy atom. The van der Waals surface area contributed by atoms with Crippen molar-refractivity contribution in [3.8, 4) is 5.75 Å². The Hall–Kier alpha value is -1.23. The van der Waals surface area contributed by atoms with Crippen molar-refractivity contribution >= 4 is 0 Å². The Labute approximate surface area is 91.2 Å². The molecular formula is C11H12F3NO. The maximum absolute atomic E-state index is 11.9. The molecule has 5 heteroatoms. The molecule has 1 aliphatic rings. The van der Waals surface area contributed by atoms with E-state index >= 15 is 0 Å². The monoisotopic (exact) mass is 231 g/mol. The second-order valence-corrected chi connectivity index (χ2v) is 3.91. The van der Waals surface area contributed by atoms with E-state index in [4.69, 9.17) is 5.73 Å². The first-order valence-corrected chi connectivity index (χ1v) is 5.04. The van der Waals surface area contributed by atoms with E-state index in [1.807, 2.05) is 0 Å². The minimum atomic E-state index is -4.30. The van der Waals surface area contributed by atoms with Gasteiger partial charge in [0.05, 0.1) is 0 Å². The van der Waals surface area contributed by atoms with E-state index in [9.17, 15) is 13.2 Å². The maximum atomic E-state index is 11.9. The fourth-order valence-electron chi connectivity index (χ4n) is 1.88. The molecule has 1 unspecified atom stereocenters. The summed E-state index contributed by atoms with van der Waals surface area (Å²) in [5, 5.41) is 0. The zero-order valence-corrected chi connectivity index (χ0v) is 8.55. The number of fused-ring (bicyclic) bond motifs is 1. The van der Waals surface area contributed by atoms with Crippen LogP contribution in [0.2, 0.25) is 0 Å². The van der Waals surface area contributed by atoms with Crippen LogP contribution < -0.4 is 10.5 Å². The summed E-state index contributed by atoms with van der Waals surface area (Å²) in [4.78, 5) is 0. The van der Waals surface area contributed by atoms with Crippen molar-refractivity contribution in [2.24, 2.45) is 5.73 Å². The smallest absolute Gasteiger partial charge is 0.422 e. The summed E-state index contributed by atoms with van der Waals surface area (Å²) in [6.45, 7) is -1.25. The fraction of sp³-hybridized carbons (Fsp3) is 0.455. The number of alkyl halides is 3. The number of nitrogens with two attached hydrogens (primary N) is 1. The van der Waals surface area contributed by atoms with Crippen molar-refractivity contribution in [3.63, 3.8) is 0 Å². The molecule has 1 aromatic rings. The zero-order chi connectivity index (χ0) is 11.8. The topological polar surface area (TPSA) is 35.2 Å². The summed E-state index contributed by atoms with van der Waals surface area (Å²) in [6, 6.07) is 4.94. The predicted molar refractivity (Wildman–Crippen MR) is 53.2 cm³/mol. The average Bonchev–Trinajstić information content (AvgIpc) is 2.56. The number of ether oxygens (including phenoxy) is 1. The molecule has 88 valence electrons. The summed E-state index contributed by atoms with van der Waals surface area (Å²) in [5.41, 5.74) is 7.82. The van der Waals surface area contributed by atoms with Gasteiger partial charge in [-0.3, -0.25) is 0 Å². The van der Waals surface area contributed by atoms with Crippen molar-refractivity contribution in [2.75, 3.05) is 6.61 Å². The van der Waals surface area contributed by atoms with Crippen LogP contribution in [0.25, 0.3) is 0 Å². The van der Waals surface area contributed by atoms with Crippen LogP contribution in [0.4, 0.5) is 13.2 Å². The third kappa shape index (κ3) is 2.47. The summed E-state index contributed by atoms with van der Waals surface area (Å²) in [6.07, 6.45) is -2.65. The van der Waals surface area contributed by atoms with E-state index in [1.165, 1.54) is 6.07 Å². The van der Waals surface area contributed by atoms with Crippen LogP contribution in [0.3, 0.4) is 0 Å². The molecule has 16 heavy (non-hydrogen) atoms. The molecule has 2 nitrogen and oxygen atoms in total. The minimum Gasteiger partial charge on any atom is -0.484 e. The van der Waals surface area contributed by atoms with Crippen molar-refractivity contribution in [1.82, 2.24) is 0 Å². The van der Waals surface area contributed by atoms with Crippen LogP contribution in [0, 0.1) is 0 Å². The first-order chi connectivity index (χ1) is 7.46. The van der Waals surface area contributed by atoms with Gasteiger partial charge in [-0.1, -0.05) is 6.07 Å². The highest BCUT2D eigenvalue weighted by molar-refractivity contribution is 5.40. The number of halogens is 3. The SMILES string of the molecule is NC1CCc2cc(OCC(F)(F)F)ccc21. The molecule has 0 aliphatic heterocycles. The Bertz CT molecular complexity index is 389. The Morgan fingerprint density at radius 3 is 2.81 bits per heavy atom. The first-order valence-electron chi connectivity index (χ1n) is 5.04. The van der Waals surface area contributed by atoms with E-state index in [0.29, 0.717) is 0 Å². The third-order valence-corrected chi connectivity index (χ3v) is 2.64. The minimum absolute atomic E-state index is 0.00617. The molecule has 2 rings (SSSR count). The molecular weight excluding hydrogens is 219 g/mol. The highest BCUT2D eigenvalue weighted by atomic mass is 19.4. The molecule has 0 amide bonds. The lowest BCUT2D eigenvalue weighted by Crippen LogP contribution is -2.19. The van der Waals surface area contributed by atoms with E-state index in [-0.39, 0.29) is 11.8 Å². The second kappa shape index (κ2) is 3.97. The Balaban J connectivity index is 2.08. The Kier molecular flexibility index (Phi) is 2.80. The van der Waals surface area contributed by atoms with E-state index in [1.54, 1.807) is 12.1 Å². The highest BCUT2D eigenvalue weighted by Gasteiger charge is 2.28. The van der Waals surface area contributed by atoms with Gasteiger partial charge in [-0.25, -0.2) is 0 Å². The lowest BCUT2D eigenvalue weighted by Gasteiger charge is -2.11. The Morgan fingerprint density at radius 2 is 2.12 bits per heavy atom. The molecule has 1 aliphatic carbocycles. The van der Waals surface area contributed by atoms with E-state index < -0.39 is 12.8 Å². The number of hydrogen-bond acceptors (Lipinski definition) is 2. The molecule has 0 spiro atoms. The fourth-order valence-corrected chi connectivity index (χ4v) is 1.88. The third-order valence-electron chi connectivity index (χ3n) is 2.64. The van der Waals surface area contributed by atoms with Crippen molar-refractivity contribution < 1.29 is 17.9 Å². The number of rotatable bonds is 2. The molecule has 0 saturated carbocycles. The molecule has 0 fully saturated rings. The lowest BCUT2D eigenvalue weighted by atomic mass is 10.1. The number of hydrogen-bond donors (Lipinski definition) is 1. The zero-order valence-electron chi connectivity index (χ0n) is 8.55. The summed E-state index contributed by atoms with van der Waals surface area (Å²) >= 11 is 0. The number of benzene rings is 1. The predicted octanol–water partition coefficient (Wildman–Crippen LogP) is 2.57. The molecule has 0 aromatic heterocycles. The molecule has 0 bridgehead atoms. The van der Waals surface area contributed by atoms with Crippen LogP contribution >= 0.6 is 0 Å². The van der Waals surface area contributed by atoms with Gasteiger partial charge >= 0.3 is 6.18 Å². The molecule has 2 N–H and O–H groups in total. The standard InChI is InChI=1S/C11H12F3NO/c12-11(13,14)6-16-8-2-3-9-7(5-8)1-4-10(9)15/h2-3,5,10H,1,4,6,15H2. The molecule has 1 aromatic carbocycles. The van der Waals surface area contributed by atoms with Gasteiger partial charge in [-0.05, 0) is 36.1 Å². The van der Waals surface area contributed by atoms with Gasteiger partial charge in [0.1, 0.15) is 5.75 Å². The van der Waals surface area contributed by atoms with E-state index in [0.717, 1.165) is 24.0 Å². The van der Waals surface area contributed by atoms with Gasteiger partial charge in [-0.2, -0.15) is 13.2 Å². The normalized spacial score (nSPS) is 19.6. The van der Waals surface area contributed by atoms with Crippen LogP contribution in [0.5, 0.6) is 5.75 Å². The van der Waals surface area contributed by atoms with Crippen molar-refractivity contribution in [1.29, 1.82) is 0 Å². The van der Waals surface area contributed by atoms with Crippen LogP contribution in [-0.2, 0) is 6.42 Å². The highest BCUT2D eigenvalue weighted by Crippen LogP contribution is 2.32. The maximum Gasteiger partial charge on any atom is 0.422 e. The van der Waals surface area contributed by atoms with Gasteiger partial charge in [0.2, 0.25) is 0 Å². The van der Waals surface area contributed by atoms with Crippen LogP contribution in [0.1, 0.15) is 23.6 Å². The summed E-state index contributed by atoms with van der Waals surface area (Å²) < 4.78 is 40.5. The molecule has 1 atom stereocenters. The number of aryl methyl sites for hydroxylation is 1. The lowest BCUT2D eigenvalue weighted by molar-refractivity contribution is -0.153. The van der Waals surface area contributed by atoms with Crippen LogP contribution in [0.15, 0.2) is 18.2 Å². The van der Waals surface area contributed by atoms with Crippen molar-refractivity contribution in [2.45, 2.75) is 25.1 Å². The van der Waals surface area contributed by atoms with Gasteiger partial charge < -0.3 is 10.5 Å². The van der Waals surface area contributed by atoms with Gasteiger partial charge in [0, 0.05) is 6.04 Å². The van der Waals surface area contributed by atoms with Gasteiger partial charge in [0.15, 0.2) is 6.61 Å². The van der Waals surface area contributed by atoms with Gasteiger partial charge in [-0.15, -0.1) is 0 Å². The molecule has 0 saturated heterocycles. The summed E-state index contributed by atoms with van der Waals surface area (Å²) in [5.74, 6) is 0.255. The molecule has 0 radical (unpaired) electrons. The summed E-state index contributed by atoms with van der Waals surface area (Å²) in [7, 11) is 0. The average molecular weight is 231 g/mol. The second-order valence-electron chi connectivity index (χ2n) is 3.91. The van der Waals surface area contributed by atoms with E-state index in [2.05, 4.69) is 4.74 Å². The quantitative estimate of drug-likeness (QED) is 0.849.